The molecule has 0 atom stereocenters. The van der Waals surface area contributed by atoms with Crippen molar-refractivity contribution in [1.29, 1.82) is 0 Å². The van der Waals surface area contributed by atoms with E-state index in [0.29, 0.717) is 5.69 Å². The molecular formula is C12H17NO. The van der Waals surface area contributed by atoms with Crippen LogP contribution >= 0.6 is 0 Å². The van der Waals surface area contributed by atoms with E-state index >= 15 is 0 Å². The van der Waals surface area contributed by atoms with Gasteiger partial charge in [0.2, 0.25) is 0 Å². The second kappa shape index (κ2) is 3.91. The Morgan fingerprint density at radius 2 is 2.07 bits per heavy atom. The van der Waals surface area contributed by atoms with Crippen molar-refractivity contribution >= 4 is 5.78 Å². The zero-order valence-corrected chi connectivity index (χ0v) is 9.29. The van der Waals surface area contributed by atoms with Crippen LogP contribution < -0.4 is 0 Å². The highest BCUT2D eigenvalue weighted by molar-refractivity contribution is 5.92. The van der Waals surface area contributed by atoms with Crippen LogP contribution in [0, 0.1) is 5.41 Å². The Hall–Kier alpha value is -1.18. The van der Waals surface area contributed by atoms with Crippen molar-refractivity contribution in [1.82, 2.24) is 4.98 Å². The quantitative estimate of drug-likeness (QED) is 0.673. The van der Waals surface area contributed by atoms with Gasteiger partial charge < -0.3 is 0 Å². The lowest BCUT2D eigenvalue weighted by atomic mass is 9.88. The molecule has 0 radical (unpaired) electrons. The number of nitrogens with zero attached hydrogens (tertiary/aromatic N) is 1. The zero-order chi connectivity index (χ0) is 10.8. The number of hydrogen-bond donors (Lipinski definition) is 0. The van der Waals surface area contributed by atoms with E-state index in [1.807, 2.05) is 12.1 Å². The Morgan fingerprint density at radius 3 is 2.57 bits per heavy atom. The fourth-order valence-electron chi connectivity index (χ4n) is 1.39. The summed E-state index contributed by atoms with van der Waals surface area (Å²) in [6.07, 6.45) is 2.67. The molecule has 1 heterocycles. The van der Waals surface area contributed by atoms with Gasteiger partial charge in [-0.05, 0) is 29.5 Å². The average Bonchev–Trinajstić information content (AvgIpc) is 2.01. The predicted molar refractivity (Wildman–Crippen MR) is 57.4 cm³/mol. The van der Waals surface area contributed by atoms with Crippen LogP contribution in [0.5, 0.6) is 0 Å². The van der Waals surface area contributed by atoms with Crippen LogP contribution in [0.2, 0.25) is 0 Å². The molecule has 0 spiro atoms. The van der Waals surface area contributed by atoms with E-state index in [4.69, 9.17) is 0 Å². The molecule has 0 saturated heterocycles. The molecule has 0 aliphatic heterocycles. The second-order valence-electron chi connectivity index (χ2n) is 4.84. The number of hydrogen-bond acceptors (Lipinski definition) is 2. The third kappa shape index (κ3) is 3.29. The molecule has 0 fully saturated rings. The zero-order valence-electron chi connectivity index (χ0n) is 9.29. The molecule has 0 aliphatic rings. The first kappa shape index (κ1) is 10.9. The Balaban J connectivity index is 2.89. The molecule has 0 N–H and O–H groups in total. The number of carbonyl (C=O) groups excluding carboxylic acids is 1. The number of pyridine rings is 1. The number of aromatic nitrogens is 1. The Kier molecular flexibility index (Phi) is 3.04. The van der Waals surface area contributed by atoms with E-state index in [-0.39, 0.29) is 11.2 Å². The van der Waals surface area contributed by atoms with Crippen molar-refractivity contribution < 1.29 is 4.79 Å². The van der Waals surface area contributed by atoms with Crippen molar-refractivity contribution in [2.75, 3.05) is 0 Å². The number of Topliss-reactive ketones (excluding diaryl/α,β-unsaturated/α-hetero) is 1. The highest BCUT2D eigenvalue weighted by Gasteiger charge is 2.12. The van der Waals surface area contributed by atoms with Crippen LogP contribution in [0.1, 0.15) is 43.7 Å². The van der Waals surface area contributed by atoms with Gasteiger partial charge in [-0.3, -0.25) is 9.78 Å². The van der Waals surface area contributed by atoms with Crippen molar-refractivity contribution in [3.8, 4) is 0 Å². The first-order valence-corrected chi connectivity index (χ1v) is 4.84. The Labute approximate surface area is 85.4 Å². The van der Waals surface area contributed by atoms with Gasteiger partial charge in [-0.25, -0.2) is 0 Å². The SMILES string of the molecule is CC(=O)c1cc(CC(C)(C)C)ccn1. The lowest BCUT2D eigenvalue weighted by Crippen LogP contribution is -2.10. The Morgan fingerprint density at radius 1 is 1.43 bits per heavy atom. The molecule has 2 nitrogen and oxygen atoms in total. The lowest BCUT2D eigenvalue weighted by Gasteiger charge is -2.17. The molecule has 1 aromatic heterocycles. The molecule has 76 valence electrons. The van der Waals surface area contributed by atoms with Crippen LogP contribution in [-0.4, -0.2) is 10.8 Å². The maximum Gasteiger partial charge on any atom is 0.178 e. The number of carbonyl (C=O) groups is 1. The lowest BCUT2D eigenvalue weighted by molar-refractivity contribution is 0.101. The number of ketones is 1. The summed E-state index contributed by atoms with van der Waals surface area (Å²) in [7, 11) is 0. The third-order valence-electron chi connectivity index (χ3n) is 1.92. The van der Waals surface area contributed by atoms with E-state index in [2.05, 4.69) is 25.8 Å². The molecule has 1 rings (SSSR count). The summed E-state index contributed by atoms with van der Waals surface area (Å²) in [6, 6.07) is 3.85. The Bertz CT molecular complexity index is 336. The standard InChI is InChI=1S/C12H17NO/c1-9(14)11-7-10(5-6-13-11)8-12(2,3)4/h5-7H,8H2,1-4H3. The van der Waals surface area contributed by atoms with E-state index < -0.39 is 0 Å². The van der Waals surface area contributed by atoms with Gasteiger partial charge in [-0.15, -0.1) is 0 Å². The van der Waals surface area contributed by atoms with Crippen molar-refractivity contribution in [3.63, 3.8) is 0 Å². The van der Waals surface area contributed by atoms with Gasteiger partial charge in [0.15, 0.2) is 5.78 Å². The van der Waals surface area contributed by atoms with Gasteiger partial charge in [0.25, 0.3) is 0 Å². The van der Waals surface area contributed by atoms with E-state index in [1.165, 1.54) is 5.56 Å². The van der Waals surface area contributed by atoms with Gasteiger partial charge >= 0.3 is 0 Å². The minimum Gasteiger partial charge on any atom is -0.293 e. The van der Waals surface area contributed by atoms with Crippen LogP contribution in [0.4, 0.5) is 0 Å². The molecule has 14 heavy (non-hydrogen) atoms. The van der Waals surface area contributed by atoms with Crippen molar-refractivity contribution in [2.24, 2.45) is 5.41 Å². The summed E-state index contributed by atoms with van der Waals surface area (Å²) in [6.45, 7) is 8.09. The van der Waals surface area contributed by atoms with Crippen molar-refractivity contribution in [2.45, 2.75) is 34.1 Å². The highest BCUT2D eigenvalue weighted by Crippen LogP contribution is 2.20. The normalized spacial score (nSPS) is 11.4. The summed E-state index contributed by atoms with van der Waals surface area (Å²) in [4.78, 5) is 15.1. The number of rotatable bonds is 2. The maximum absolute atomic E-state index is 11.1. The van der Waals surface area contributed by atoms with Gasteiger partial charge in [0.1, 0.15) is 5.69 Å². The summed E-state index contributed by atoms with van der Waals surface area (Å²) in [5.41, 5.74) is 1.99. The molecule has 0 unspecified atom stereocenters. The van der Waals surface area contributed by atoms with E-state index in [0.717, 1.165) is 6.42 Å². The summed E-state index contributed by atoms with van der Waals surface area (Å²) in [5.74, 6) is 0.0285. The van der Waals surface area contributed by atoms with Gasteiger partial charge in [0, 0.05) is 13.1 Å². The predicted octanol–water partition coefficient (Wildman–Crippen LogP) is 2.87. The largest absolute Gasteiger partial charge is 0.293 e. The van der Waals surface area contributed by atoms with E-state index in [1.54, 1.807) is 13.1 Å². The minimum absolute atomic E-state index is 0.0285. The monoisotopic (exact) mass is 191 g/mol. The van der Waals surface area contributed by atoms with Gasteiger partial charge in [-0.2, -0.15) is 0 Å². The molecule has 0 saturated carbocycles. The fourth-order valence-corrected chi connectivity index (χ4v) is 1.39. The van der Waals surface area contributed by atoms with Crippen LogP contribution in [0.25, 0.3) is 0 Å². The van der Waals surface area contributed by atoms with Crippen molar-refractivity contribution in [3.05, 3.63) is 29.6 Å². The van der Waals surface area contributed by atoms with Crippen LogP contribution in [0.15, 0.2) is 18.3 Å². The molecule has 1 aromatic rings. The molecule has 0 amide bonds. The molecule has 2 heteroatoms. The summed E-state index contributed by atoms with van der Waals surface area (Å²) < 4.78 is 0. The maximum atomic E-state index is 11.1. The first-order chi connectivity index (χ1) is 6.38. The fraction of sp³-hybridized carbons (Fsp3) is 0.500. The smallest absolute Gasteiger partial charge is 0.178 e. The highest BCUT2D eigenvalue weighted by atomic mass is 16.1. The summed E-state index contributed by atoms with van der Waals surface area (Å²) in [5, 5.41) is 0. The van der Waals surface area contributed by atoms with Crippen LogP contribution in [0.3, 0.4) is 0 Å². The topological polar surface area (TPSA) is 30.0 Å². The molecule has 0 bridgehead atoms. The third-order valence-corrected chi connectivity index (χ3v) is 1.92. The molecule has 0 aliphatic carbocycles. The summed E-state index contributed by atoms with van der Waals surface area (Å²) >= 11 is 0. The second-order valence-corrected chi connectivity index (χ2v) is 4.84. The van der Waals surface area contributed by atoms with E-state index in [9.17, 15) is 4.79 Å². The van der Waals surface area contributed by atoms with Gasteiger partial charge in [-0.1, -0.05) is 20.8 Å². The molecular weight excluding hydrogens is 174 g/mol. The minimum atomic E-state index is 0.0285. The molecule has 0 aromatic carbocycles. The average molecular weight is 191 g/mol. The first-order valence-electron chi connectivity index (χ1n) is 4.84. The van der Waals surface area contributed by atoms with Crippen LogP contribution in [-0.2, 0) is 6.42 Å². The van der Waals surface area contributed by atoms with Gasteiger partial charge in [0.05, 0.1) is 0 Å².